The Bertz CT molecular complexity index is 4710. The molecule has 630 valence electrons. The molecular formula is C78H97F2N15O21S. The SMILES string of the molecule is CCc1cc(OC)ccc1-c1ccc(C[C@H](NC(=O)[C@H](CC(=O)O)NC(=O)[C@H](CO)NC(=O)[C@@H](NC(=O)C(C)(Cc2c(F)cccc2F)NC(=O)[C@@H](NC(=O)CNC(=O)[C@H](CCC(=O)O)NC(=O)C2(C)CCCN2C(=O)[C@H](Cc2c[nH]cn2)NS(C)(=O)=O)[C@@H](C)O)[C@@H](C)O)C(=O)N[C@@H](Cc2ccc(-c3ccccc3C)nc2)C(N)=O)cc1. The second-order valence-electron chi connectivity index (χ2n) is 28.7. The van der Waals surface area contributed by atoms with Gasteiger partial charge in [-0.1, -0.05) is 73.7 Å². The van der Waals surface area contributed by atoms with Gasteiger partial charge in [0.05, 0.1) is 62.9 Å². The molecule has 1 saturated heterocycles. The van der Waals surface area contributed by atoms with Crippen LogP contribution in [-0.2, 0) is 104 Å². The number of nitrogens with zero attached hydrogens (tertiary/aromatic N) is 3. The van der Waals surface area contributed by atoms with Crippen molar-refractivity contribution < 1.29 is 110 Å². The van der Waals surface area contributed by atoms with Crippen molar-refractivity contribution >= 4 is 86.9 Å². The number of carboxylic acids is 2. The van der Waals surface area contributed by atoms with Gasteiger partial charge in [-0.25, -0.2) is 26.9 Å². The zero-order chi connectivity index (χ0) is 86.4. The summed E-state index contributed by atoms with van der Waals surface area (Å²) in [6, 6.07) is 10.7. The van der Waals surface area contributed by atoms with Gasteiger partial charge < -0.3 is 93.7 Å². The number of carboxylic acid groups (broad SMARTS) is 2. The number of rotatable bonds is 42. The fourth-order valence-electron chi connectivity index (χ4n) is 13.1. The summed E-state index contributed by atoms with van der Waals surface area (Å²) in [5, 5.41) is 72.6. The highest BCUT2D eigenvalue weighted by Gasteiger charge is 2.49. The van der Waals surface area contributed by atoms with Gasteiger partial charge in [0.25, 0.3) is 0 Å². The van der Waals surface area contributed by atoms with E-state index in [0.29, 0.717) is 29.0 Å². The Morgan fingerprint density at radius 1 is 0.692 bits per heavy atom. The number of nitrogens with one attached hydrogen (secondary N) is 11. The van der Waals surface area contributed by atoms with Crippen LogP contribution in [-0.4, -0.2) is 235 Å². The number of carbonyl (C=O) groups excluding carboxylic acids is 11. The first-order valence-corrected chi connectivity index (χ1v) is 39.0. The standard InChI is InChI=1S/C78H97F2N15O21S/c1-9-46-32-49(116-7)23-24-51(46)47-21-18-44(19-22-47)30-58(69(106)86-57(67(81)104)31-45-20-25-55(83-36-45)50-15-11-10-14-41(50)2)87-70(107)59(34-64(102)103)88-71(108)61(39-96)89-72(109)65(42(3)97)92-75(112)77(5,35-52-53(79)16-12-17-54(52)80)93-73(110)66(43(4)98)91-62(99)38-84-68(105)56(26-27-63(100)101)90-76(113)78(6)28-13-29-95(78)74(111)60(94-117(8,114)115)33-48-37-82-40-85-48/h10-12,14-25,32,36-37,40,42-43,56-61,65-66,94,96-98H,9,13,26-31,33-35,38-39H2,1-8H3,(H2,81,104)(H,82,85)(H,84,105)(H,86,106)(H,87,107)(H,88,108)(H,89,109)(H,90,113)(H,91,99)(H,92,112)(H,93,110)(H,100,101)(H,102,103)/t42-,43-,56+,57+,58+,59+,60+,61+,65+,66+,77?,78?/m1/s1. The lowest BCUT2D eigenvalue weighted by atomic mass is 9.89. The van der Waals surface area contributed by atoms with Crippen LogP contribution in [0.2, 0.25) is 0 Å². The quantitative estimate of drug-likeness (QED) is 0.0215. The van der Waals surface area contributed by atoms with Crippen molar-refractivity contribution in [1.29, 1.82) is 0 Å². The number of sulfonamides is 1. The molecule has 0 radical (unpaired) electrons. The lowest BCUT2D eigenvalue weighted by molar-refractivity contribution is -0.146. The number of amides is 11. The summed E-state index contributed by atoms with van der Waals surface area (Å²) in [6.45, 7) is 5.49. The third-order valence-corrected chi connectivity index (χ3v) is 20.3. The van der Waals surface area contributed by atoms with Gasteiger partial charge in [-0.05, 0) is 124 Å². The number of aliphatic hydroxyl groups excluding tert-OH is 3. The molecule has 0 spiro atoms. The van der Waals surface area contributed by atoms with Crippen molar-refractivity contribution in [3.63, 3.8) is 0 Å². The van der Waals surface area contributed by atoms with Crippen molar-refractivity contribution in [3.8, 4) is 28.1 Å². The first-order chi connectivity index (χ1) is 55.2. The molecule has 12 atom stereocenters. The molecule has 36 nitrogen and oxygen atoms in total. The minimum atomic E-state index is -4.03. The maximum atomic E-state index is 15.6. The number of pyridine rings is 1. The third kappa shape index (κ3) is 25.6. The molecule has 4 aromatic carbocycles. The summed E-state index contributed by atoms with van der Waals surface area (Å²) in [5.41, 5.74) is 6.64. The van der Waals surface area contributed by atoms with Crippen molar-refractivity contribution in [2.45, 2.75) is 177 Å². The van der Waals surface area contributed by atoms with Gasteiger partial charge >= 0.3 is 11.9 Å². The number of halogens is 2. The van der Waals surface area contributed by atoms with Crippen LogP contribution in [0.3, 0.4) is 0 Å². The lowest BCUT2D eigenvalue weighted by Crippen LogP contribution is -2.67. The maximum absolute atomic E-state index is 15.6. The third-order valence-electron chi connectivity index (χ3n) is 19.5. The summed E-state index contributed by atoms with van der Waals surface area (Å²) < 4.78 is 63.6. The van der Waals surface area contributed by atoms with E-state index in [1.165, 1.54) is 32.8 Å². The minimum Gasteiger partial charge on any atom is -0.497 e. The molecular weight excluding hydrogens is 1550 g/mol. The molecule has 1 aliphatic rings. The summed E-state index contributed by atoms with van der Waals surface area (Å²) in [5.74, 6) is -18.7. The number of benzene rings is 4. The van der Waals surface area contributed by atoms with Crippen LogP contribution in [0.4, 0.5) is 8.78 Å². The molecule has 0 saturated carbocycles. The number of ether oxygens (including phenoxy) is 1. The van der Waals surface area contributed by atoms with E-state index in [9.17, 15) is 96.3 Å². The number of hydrogen-bond acceptors (Lipinski definition) is 21. The van der Waals surface area contributed by atoms with Crippen molar-refractivity contribution in [2.24, 2.45) is 5.73 Å². The number of aryl methyl sites for hydroxylation is 2. The van der Waals surface area contributed by atoms with Gasteiger partial charge in [-0.15, -0.1) is 0 Å². The summed E-state index contributed by atoms with van der Waals surface area (Å²) >= 11 is 0. The van der Waals surface area contributed by atoms with E-state index in [1.807, 2.05) is 50.2 Å². The molecule has 0 bridgehead atoms. The molecule has 1 aliphatic heterocycles. The number of primary amides is 1. The van der Waals surface area contributed by atoms with E-state index in [4.69, 9.17) is 10.5 Å². The van der Waals surface area contributed by atoms with Crippen molar-refractivity contribution in [3.05, 3.63) is 161 Å². The molecule has 117 heavy (non-hydrogen) atoms. The highest BCUT2D eigenvalue weighted by atomic mass is 32.2. The number of imidazole rings is 1. The fourth-order valence-corrected chi connectivity index (χ4v) is 13.8. The number of aromatic amines is 1. The molecule has 2 aromatic heterocycles. The van der Waals surface area contributed by atoms with E-state index < -0.39 is 215 Å². The van der Waals surface area contributed by atoms with Crippen LogP contribution in [0, 0.1) is 18.6 Å². The molecule has 1 fully saturated rings. The van der Waals surface area contributed by atoms with Crippen LogP contribution in [0.25, 0.3) is 22.4 Å². The van der Waals surface area contributed by atoms with Crippen molar-refractivity contribution in [1.82, 2.24) is 72.4 Å². The minimum absolute atomic E-state index is 0.0177. The Kier molecular flexibility index (Phi) is 32.5. The molecule has 18 N–H and O–H groups in total. The Morgan fingerprint density at radius 2 is 1.31 bits per heavy atom. The Balaban J connectivity index is 1.06. The first-order valence-electron chi connectivity index (χ1n) is 37.1. The molecule has 6 aromatic rings. The fraction of sp³-hybridized carbons (Fsp3) is 0.423. The van der Waals surface area contributed by atoms with Crippen LogP contribution in [0.5, 0.6) is 5.75 Å². The molecule has 3 heterocycles. The topological polar surface area (TPSA) is 558 Å². The van der Waals surface area contributed by atoms with E-state index in [-0.39, 0.29) is 44.3 Å². The smallest absolute Gasteiger partial charge is 0.305 e. The predicted octanol–water partition coefficient (Wildman–Crippen LogP) is -1.17. The Hall–Kier alpha value is -12.2. The lowest BCUT2D eigenvalue weighted by Gasteiger charge is -2.37. The second kappa shape index (κ2) is 41.4. The average molecular weight is 1650 g/mol. The molecule has 0 aliphatic carbocycles. The zero-order valence-electron chi connectivity index (χ0n) is 65.3. The molecule has 2 unspecified atom stereocenters. The summed E-state index contributed by atoms with van der Waals surface area (Å²) in [6.07, 6.45) is -2.54. The first kappa shape index (κ1) is 92.0. The van der Waals surface area contributed by atoms with Crippen LogP contribution >= 0.6 is 0 Å². The number of aliphatic hydroxyl groups is 3. The number of hydrogen-bond donors (Lipinski definition) is 17. The number of nitrogens with two attached hydrogens (primary N) is 1. The summed E-state index contributed by atoms with van der Waals surface area (Å²) in [7, 11) is -2.50. The van der Waals surface area contributed by atoms with Crippen LogP contribution < -0.4 is 63.0 Å². The van der Waals surface area contributed by atoms with Crippen LogP contribution in [0.15, 0.2) is 116 Å². The second-order valence-corrected chi connectivity index (χ2v) is 30.5. The van der Waals surface area contributed by atoms with Gasteiger partial charge in [0, 0.05) is 62.2 Å². The number of aromatic nitrogens is 3. The molecule has 39 heteroatoms. The largest absolute Gasteiger partial charge is 0.497 e. The van der Waals surface area contributed by atoms with Gasteiger partial charge in [0.2, 0.25) is 75.0 Å². The Morgan fingerprint density at radius 3 is 1.89 bits per heavy atom. The maximum Gasteiger partial charge on any atom is 0.305 e. The number of aliphatic carboxylic acids is 2. The average Bonchev–Trinajstić information content (AvgIpc) is 1.61. The molecule has 7 rings (SSSR count). The Labute approximate surface area is 671 Å². The van der Waals surface area contributed by atoms with E-state index in [0.717, 1.165) is 77.9 Å². The highest BCUT2D eigenvalue weighted by Crippen LogP contribution is 2.32. The zero-order valence-corrected chi connectivity index (χ0v) is 66.1. The van der Waals surface area contributed by atoms with Crippen LogP contribution in [0.1, 0.15) is 100 Å². The molecule has 11 amide bonds. The van der Waals surface area contributed by atoms with Gasteiger partial charge in [0.15, 0.2) is 0 Å². The van der Waals surface area contributed by atoms with E-state index in [1.54, 1.807) is 42.5 Å². The van der Waals surface area contributed by atoms with Crippen molar-refractivity contribution in [2.75, 3.05) is 33.1 Å². The number of likely N-dealkylation sites (tertiary alicyclic amines) is 1. The highest BCUT2D eigenvalue weighted by molar-refractivity contribution is 7.88. The number of methoxy groups -OCH3 is 1. The predicted molar refractivity (Wildman–Crippen MR) is 415 cm³/mol. The number of carbonyl (C=O) groups is 13. The van der Waals surface area contributed by atoms with Gasteiger partial charge in [0.1, 0.15) is 76.8 Å². The summed E-state index contributed by atoms with van der Waals surface area (Å²) in [4.78, 5) is 192. The normalized spacial score (nSPS) is 16.4. The monoisotopic (exact) mass is 1650 g/mol. The van der Waals surface area contributed by atoms with E-state index >= 15 is 8.78 Å². The van der Waals surface area contributed by atoms with Gasteiger partial charge in [-0.2, -0.15) is 0 Å². The number of H-pyrrole nitrogens is 1. The van der Waals surface area contributed by atoms with E-state index in [2.05, 4.69) is 67.5 Å². The van der Waals surface area contributed by atoms with Gasteiger partial charge in [-0.3, -0.25) is 67.3 Å².